The predicted molar refractivity (Wildman–Crippen MR) is 104 cm³/mol. The van der Waals surface area contributed by atoms with Gasteiger partial charge in [-0.3, -0.25) is 4.98 Å². The minimum Gasteiger partial charge on any atom is -0.370 e. The van der Waals surface area contributed by atoms with Gasteiger partial charge in [-0.1, -0.05) is 29.8 Å². The first kappa shape index (κ1) is 17.0. The van der Waals surface area contributed by atoms with Crippen LogP contribution >= 0.6 is 0 Å². The zero-order valence-corrected chi connectivity index (χ0v) is 15.7. The highest BCUT2D eigenvalue weighted by Crippen LogP contribution is 2.37. The molecular weight excluding hydrogens is 344 g/mol. The Morgan fingerprint density at radius 3 is 2.42 bits per heavy atom. The Kier molecular flexibility index (Phi) is 4.41. The number of benzene rings is 2. The van der Waals surface area contributed by atoms with Crippen molar-refractivity contribution in [1.29, 1.82) is 0 Å². The second kappa shape index (κ2) is 6.72. The molecular formula is C21H22N2O2S. The first-order valence-electron chi connectivity index (χ1n) is 9.02. The molecule has 0 spiro atoms. The molecule has 1 fully saturated rings. The van der Waals surface area contributed by atoms with Gasteiger partial charge in [0.2, 0.25) is 9.84 Å². The van der Waals surface area contributed by atoms with E-state index in [1.807, 2.05) is 25.1 Å². The Morgan fingerprint density at radius 2 is 1.69 bits per heavy atom. The van der Waals surface area contributed by atoms with Crippen LogP contribution in [0.5, 0.6) is 0 Å². The number of hydrogen-bond acceptors (Lipinski definition) is 4. The lowest BCUT2D eigenvalue weighted by atomic mass is 10.1. The van der Waals surface area contributed by atoms with Crippen molar-refractivity contribution in [3.05, 3.63) is 60.3 Å². The Hall–Kier alpha value is -2.40. The quantitative estimate of drug-likeness (QED) is 0.691. The predicted octanol–water partition coefficient (Wildman–Crippen LogP) is 4.37. The number of nitrogens with zero attached hydrogens (tertiary/aromatic N) is 2. The molecule has 1 saturated heterocycles. The van der Waals surface area contributed by atoms with Crippen molar-refractivity contribution in [2.75, 3.05) is 18.0 Å². The molecule has 134 valence electrons. The van der Waals surface area contributed by atoms with E-state index in [4.69, 9.17) is 0 Å². The average molecular weight is 366 g/mol. The van der Waals surface area contributed by atoms with Crippen molar-refractivity contribution >= 4 is 26.4 Å². The molecule has 4 nitrogen and oxygen atoms in total. The molecule has 0 amide bonds. The topological polar surface area (TPSA) is 50.3 Å². The van der Waals surface area contributed by atoms with Crippen molar-refractivity contribution in [3.63, 3.8) is 0 Å². The molecule has 0 atom stereocenters. The molecule has 1 aromatic heterocycles. The van der Waals surface area contributed by atoms with Crippen LogP contribution in [0.2, 0.25) is 0 Å². The van der Waals surface area contributed by atoms with E-state index in [1.165, 1.54) is 12.6 Å². The summed E-state index contributed by atoms with van der Waals surface area (Å²) in [4.78, 5) is 7.31. The van der Waals surface area contributed by atoms with Crippen molar-refractivity contribution in [3.8, 4) is 0 Å². The first-order chi connectivity index (χ1) is 12.6. The Morgan fingerprint density at radius 1 is 0.962 bits per heavy atom. The fraction of sp³-hybridized carbons (Fsp3) is 0.286. The minimum atomic E-state index is -3.63. The molecule has 0 unspecified atom stereocenters. The highest BCUT2D eigenvalue weighted by Gasteiger charge is 2.27. The summed E-state index contributed by atoms with van der Waals surface area (Å²) in [7, 11) is -3.63. The molecule has 0 saturated carbocycles. The molecule has 0 aliphatic carbocycles. The molecule has 5 heteroatoms. The van der Waals surface area contributed by atoms with Gasteiger partial charge >= 0.3 is 0 Å². The fourth-order valence-electron chi connectivity index (χ4n) is 3.64. The molecule has 1 aliphatic heterocycles. The second-order valence-corrected chi connectivity index (χ2v) is 8.77. The number of piperidine rings is 1. The number of rotatable bonds is 3. The highest BCUT2D eigenvalue weighted by atomic mass is 32.2. The van der Waals surface area contributed by atoms with E-state index in [9.17, 15) is 8.42 Å². The zero-order chi connectivity index (χ0) is 18.1. The maximum Gasteiger partial charge on any atom is 0.210 e. The van der Waals surface area contributed by atoms with Gasteiger partial charge in [-0.15, -0.1) is 0 Å². The standard InChI is InChI=1S/C21H22N2O2S/c1-16-10-11-19-18(14-16)21(23-12-6-3-7-13-23)20(15-22-19)26(24,25)17-8-4-2-5-9-17/h2,4-5,8-11,14-15H,3,6-7,12-13H2,1H3. The largest absolute Gasteiger partial charge is 0.370 e. The van der Waals surface area contributed by atoms with Crippen molar-refractivity contribution in [1.82, 2.24) is 4.98 Å². The van der Waals surface area contributed by atoms with Gasteiger partial charge in [0.05, 0.1) is 16.1 Å². The van der Waals surface area contributed by atoms with Gasteiger partial charge in [0, 0.05) is 24.7 Å². The number of fused-ring (bicyclic) bond motifs is 1. The van der Waals surface area contributed by atoms with Crippen molar-refractivity contribution in [2.24, 2.45) is 0 Å². The smallest absolute Gasteiger partial charge is 0.210 e. The fourth-order valence-corrected chi connectivity index (χ4v) is 5.10. The Bertz CT molecular complexity index is 1040. The summed E-state index contributed by atoms with van der Waals surface area (Å²) >= 11 is 0. The van der Waals surface area contributed by atoms with Gasteiger partial charge in [-0.25, -0.2) is 8.42 Å². The van der Waals surface area contributed by atoms with Crippen molar-refractivity contribution in [2.45, 2.75) is 36.0 Å². The third-order valence-corrected chi connectivity index (χ3v) is 6.75. The van der Waals surface area contributed by atoms with Crippen LogP contribution < -0.4 is 4.90 Å². The molecule has 0 bridgehead atoms. The molecule has 4 rings (SSSR count). The summed E-state index contributed by atoms with van der Waals surface area (Å²) in [5.74, 6) is 0. The SMILES string of the molecule is Cc1ccc2ncc(S(=O)(=O)c3ccccc3)c(N3CCCCC3)c2c1. The van der Waals surface area contributed by atoms with E-state index in [-0.39, 0.29) is 0 Å². The third-order valence-electron chi connectivity index (χ3n) is 4.98. The van der Waals surface area contributed by atoms with Crippen LogP contribution in [0.3, 0.4) is 0 Å². The van der Waals surface area contributed by atoms with Crippen molar-refractivity contribution < 1.29 is 8.42 Å². The molecule has 2 heterocycles. The number of anilines is 1. The van der Waals surface area contributed by atoms with E-state index in [2.05, 4.69) is 16.0 Å². The minimum absolute atomic E-state index is 0.309. The summed E-state index contributed by atoms with van der Waals surface area (Å²) in [5, 5.41) is 0.920. The van der Waals surface area contributed by atoms with Gasteiger partial charge in [0.15, 0.2) is 0 Å². The first-order valence-corrected chi connectivity index (χ1v) is 10.5. The number of aryl methyl sites for hydroxylation is 1. The Balaban J connectivity index is 2.00. The molecule has 0 N–H and O–H groups in total. The molecule has 3 aromatic rings. The molecule has 1 aliphatic rings. The van der Waals surface area contributed by atoms with Gasteiger partial charge in [0.25, 0.3) is 0 Å². The Labute approximate surface area is 154 Å². The lowest BCUT2D eigenvalue weighted by Crippen LogP contribution is -2.31. The van der Waals surface area contributed by atoms with Crippen LogP contribution in [-0.2, 0) is 9.84 Å². The van der Waals surface area contributed by atoms with E-state index in [0.29, 0.717) is 9.79 Å². The molecule has 26 heavy (non-hydrogen) atoms. The number of hydrogen-bond donors (Lipinski definition) is 0. The monoisotopic (exact) mass is 366 g/mol. The lowest BCUT2D eigenvalue weighted by molar-refractivity contribution is 0.572. The van der Waals surface area contributed by atoms with Crippen LogP contribution in [0.25, 0.3) is 10.9 Å². The summed E-state index contributed by atoms with van der Waals surface area (Å²) in [6.45, 7) is 3.78. The highest BCUT2D eigenvalue weighted by molar-refractivity contribution is 7.91. The zero-order valence-electron chi connectivity index (χ0n) is 14.9. The molecule has 2 aromatic carbocycles. The van der Waals surface area contributed by atoms with E-state index in [1.54, 1.807) is 24.3 Å². The van der Waals surface area contributed by atoms with E-state index >= 15 is 0 Å². The number of pyridine rings is 1. The summed E-state index contributed by atoms with van der Waals surface area (Å²) < 4.78 is 26.7. The summed E-state index contributed by atoms with van der Waals surface area (Å²) in [5.41, 5.74) is 2.75. The second-order valence-electron chi connectivity index (χ2n) is 6.86. The average Bonchev–Trinajstić information content (AvgIpc) is 2.68. The number of sulfone groups is 1. The third kappa shape index (κ3) is 2.97. The normalized spacial score (nSPS) is 15.3. The van der Waals surface area contributed by atoms with Gasteiger partial charge in [-0.2, -0.15) is 0 Å². The molecule has 0 radical (unpaired) electrons. The van der Waals surface area contributed by atoms with Crippen LogP contribution in [0, 0.1) is 6.92 Å². The summed E-state index contributed by atoms with van der Waals surface area (Å²) in [6.07, 6.45) is 4.89. The van der Waals surface area contributed by atoms with E-state index < -0.39 is 9.84 Å². The van der Waals surface area contributed by atoms with Crippen LogP contribution in [-0.4, -0.2) is 26.5 Å². The van der Waals surface area contributed by atoms with Gasteiger partial charge in [0.1, 0.15) is 4.90 Å². The van der Waals surface area contributed by atoms with Crippen LogP contribution in [0.4, 0.5) is 5.69 Å². The van der Waals surface area contributed by atoms with Gasteiger partial charge in [-0.05, 0) is 50.5 Å². The maximum atomic E-state index is 13.4. The van der Waals surface area contributed by atoms with Crippen LogP contribution in [0.1, 0.15) is 24.8 Å². The lowest BCUT2D eigenvalue weighted by Gasteiger charge is -2.31. The number of aromatic nitrogens is 1. The van der Waals surface area contributed by atoms with Crippen LogP contribution in [0.15, 0.2) is 64.5 Å². The summed E-state index contributed by atoms with van der Waals surface area (Å²) in [6, 6.07) is 14.7. The maximum absolute atomic E-state index is 13.4. The van der Waals surface area contributed by atoms with E-state index in [0.717, 1.165) is 48.1 Å². The van der Waals surface area contributed by atoms with Gasteiger partial charge < -0.3 is 4.90 Å².